The molecular formula is C12H24ClN5O2S. The van der Waals surface area contributed by atoms with Gasteiger partial charge in [0, 0.05) is 18.8 Å². The van der Waals surface area contributed by atoms with Crippen LogP contribution in [0.2, 0.25) is 0 Å². The number of likely N-dealkylation sites (tertiary alicyclic amines) is 1. The first-order valence-electron chi connectivity index (χ1n) is 6.90. The van der Waals surface area contributed by atoms with E-state index in [0.717, 1.165) is 25.9 Å². The Bertz CT molecular complexity index is 512. The molecule has 0 amide bonds. The van der Waals surface area contributed by atoms with E-state index in [-0.39, 0.29) is 24.5 Å². The number of hydrazine groups is 1. The fraction of sp³-hybridized carbons (Fsp3) is 0.750. The molecule has 122 valence electrons. The van der Waals surface area contributed by atoms with Gasteiger partial charge in [0.15, 0.2) is 0 Å². The molecule has 0 spiro atoms. The molecule has 1 saturated heterocycles. The zero-order chi connectivity index (χ0) is 14.7. The lowest BCUT2D eigenvalue weighted by molar-refractivity contribution is 0.189. The van der Waals surface area contributed by atoms with E-state index in [9.17, 15) is 8.42 Å². The zero-order valence-electron chi connectivity index (χ0n) is 12.6. The number of aromatic nitrogens is 2. The summed E-state index contributed by atoms with van der Waals surface area (Å²) in [6.45, 7) is 5.82. The van der Waals surface area contributed by atoms with Gasteiger partial charge < -0.3 is 10.3 Å². The Labute approximate surface area is 133 Å². The second-order valence-corrected chi connectivity index (χ2v) is 6.46. The molecule has 1 aliphatic heterocycles. The molecule has 2 heterocycles. The monoisotopic (exact) mass is 337 g/mol. The first-order valence-corrected chi connectivity index (χ1v) is 8.03. The predicted octanol–water partition coefficient (Wildman–Crippen LogP) is 1.14. The van der Waals surface area contributed by atoms with Crippen molar-refractivity contribution in [2.75, 3.05) is 25.6 Å². The highest BCUT2D eigenvalue weighted by atomic mass is 35.5. The number of thiol groups is 1. The summed E-state index contributed by atoms with van der Waals surface area (Å²) in [6, 6.07) is 0.220. The topological polar surface area (TPSA) is 70.5 Å². The minimum Gasteiger partial charge on any atom is -0.305 e. The standard InChI is InChI=1S/C12H23N5O2S.ClH/c1-10(2)16-8-11(7-13-16)14-17(20(18)19)12-5-4-6-15(3)9-12;/h7-8,10,12,14,20H,4-6,9H2,1-3H3;1H/t12-;/m1./s1. The van der Waals surface area contributed by atoms with Gasteiger partial charge in [-0.25, -0.2) is 8.42 Å². The molecule has 1 aromatic rings. The molecule has 0 bridgehead atoms. The van der Waals surface area contributed by atoms with Crippen LogP contribution in [0.25, 0.3) is 0 Å². The molecule has 1 aromatic heterocycles. The minimum atomic E-state index is -2.68. The molecular weight excluding hydrogens is 314 g/mol. The van der Waals surface area contributed by atoms with Gasteiger partial charge in [0.25, 0.3) is 0 Å². The number of rotatable bonds is 5. The highest BCUT2D eigenvalue weighted by molar-refractivity contribution is 7.69. The van der Waals surface area contributed by atoms with Gasteiger partial charge in [-0.15, -0.1) is 16.8 Å². The Morgan fingerprint density at radius 2 is 2.19 bits per heavy atom. The number of piperidine rings is 1. The van der Waals surface area contributed by atoms with Crippen LogP contribution in [-0.2, 0) is 10.9 Å². The smallest absolute Gasteiger partial charge is 0.221 e. The average Bonchev–Trinajstić information content (AvgIpc) is 2.84. The van der Waals surface area contributed by atoms with Gasteiger partial charge in [0.2, 0.25) is 10.9 Å². The summed E-state index contributed by atoms with van der Waals surface area (Å²) in [6.07, 6.45) is 5.36. The van der Waals surface area contributed by atoms with Gasteiger partial charge in [-0.2, -0.15) is 5.10 Å². The Kier molecular flexibility index (Phi) is 6.92. The second-order valence-electron chi connectivity index (χ2n) is 5.56. The molecule has 0 radical (unpaired) electrons. The van der Waals surface area contributed by atoms with E-state index in [0.29, 0.717) is 5.69 Å². The number of hydrogen-bond donors (Lipinski definition) is 2. The third kappa shape index (κ3) is 4.84. The van der Waals surface area contributed by atoms with Crippen LogP contribution in [0.3, 0.4) is 0 Å². The summed E-state index contributed by atoms with van der Waals surface area (Å²) >= 11 is 0. The highest BCUT2D eigenvalue weighted by Crippen LogP contribution is 2.17. The van der Waals surface area contributed by atoms with Crippen LogP contribution >= 0.6 is 12.4 Å². The summed E-state index contributed by atoms with van der Waals surface area (Å²) < 4.78 is 26.1. The van der Waals surface area contributed by atoms with Crippen LogP contribution < -0.4 is 5.43 Å². The summed E-state index contributed by atoms with van der Waals surface area (Å²) in [7, 11) is -0.664. The van der Waals surface area contributed by atoms with Gasteiger partial charge in [0.1, 0.15) is 0 Å². The first-order chi connectivity index (χ1) is 9.47. The van der Waals surface area contributed by atoms with Gasteiger partial charge in [-0.05, 0) is 40.3 Å². The van der Waals surface area contributed by atoms with Crippen LogP contribution in [0.4, 0.5) is 5.69 Å². The SMILES string of the molecule is CC(C)n1cc(NN([C@@H]2CCCN(C)C2)[SH](=O)=O)cn1.Cl. The molecule has 0 saturated carbocycles. The number of anilines is 1. The van der Waals surface area contributed by atoms with Crippen LogP contribution in [0.5, 0.6) is 0 Å². The van der Waals surface area contributed by atoms with Gasteiger partial charge >= 0.3 is 0 Å². The van der Waals surface area contributed by atoms with Crippen LogP contribution in [0.1, 0.15) is 32.7 Å². The maximum absolute atomic E-state index is 11.5. The largest absolute Gasteiger partial charge is 0.305 e. The van der Waals surface area contributed by atoms with E-state index in [1.807, 2.05) is 27.1 Å². The molecule has 0 aliphatic carbocycles. The first kappa shape index (κ1) is 18.2. The van der Waals surface area contributed by atoms with E-state index in [1.54, 1.807) is 10.9 Å². The van der Waals surface area contributed by atoms with Crippen LogP contribution in [0, 0.1) is 0 Å². The van der Waals surface area contributed by atoms with E-state index < -0.39 is 10.9 Å². The van der Waals surface area contributed by atoms with Crippen molar-refractivity contribution in [1.29, 1.82) is 0 Å². The summed E-state index contributed by atoms with van der Waals surface area (Å²) in [5, 5.41) is 4.21. The second kappa shape index (κ2) is 7.98. The number of likely N-dealkylation sites (N-methyl/N-ethyl adjacent to an activating group) is 1. The lowest BCUT2D eigenvalue weighted by atomic mass is 10.1. The molecule has 1 N–H and O–H groups in total. The third-order valence-corrected chi connectivity index (χ3v) is 4.27. The summed E-state index contributed by atoms with van der Waals surface area (Å²) in [5.41, 5.74) is 3.67. The number of nitrogens with zero attached hydrogens (tertiary/aromatic N) is 4. The van der Waals surface area contributed by atoms with Gasteiger partial charge in [0.05, 0.1) is 17.9 Å². The normalized spacial score (nSPS) is 20.0. The van der Waals surface area contributed by atoms with Crippen molar-refractivity contribution < 1.29 is 8.42 Å². The quantitative estimate of drug-likeness (QED) is 0.622. The fourth-order valence-electron chi connectivity index (χ4n) is 2.41. The van der Waals surface area contributed by atoms with E-state index in [2.05, 4.69) is 15.4 Å². The molecule has 1 fully saturated rings. The van der Waals surface area contributed by atoms with E-state index in [1.165, 1.54) is 4.41 Å². The summed E-state index contributed by atoms with van der Waals surface area (Å²) in [5.74, 6) is 0. The molecule has 2 rings (SSSR count). The van der Waals surface area contributed by atoms with E-state index >= 15 is 0 Å². The van der Waals surface area contributed by atoms with Crippen molar-refractivity contribution in [3.63, 3.8) is 0 Å². The molecule has 1 atom stereocenters. The fourth-order valence-corrected chi connectivity index (χ4v) is 3.07. The van der Waals surface area contributed by atoms with E-state index in [4.69, 9.17) is 0 Å². The van der Waals surface area contributed by atoms with Crippen molar-refractivity contribution in [2.45, 2.75) is 38.8 Å². The average molecular weight is 338 g/mol. The lowest BCUT2D eigenvalue weighted by Crippen LogP contribution is -2.48. The Balaban J connectivity index is 0.00000220. The maximum atomic E-state index is 11.5. The summed E-state index contributed by atoms with van der Waals surface area (Å²) in [4.78, 5) is 2.15. The Hall–Kier alpha value is -0.830. The van der Waals surface area contributed by atoms with Crippen molar-refractivity contribution in [1.82, 2.24) is 19.1 Å². The molecule has 9 heteroatoms. The predicted molar refractivity (Wildman–Crippen MR) is 86.2 cm³/mol. The maximum Gasteiger partial charge on any atom is 0.221 e. The van der Waals surface area contributed by atoms with Crippen LogP contribution in [0.15, 0.2) is 12.4 Å². The third-order valence-electron chi connectivity index (χ3n) is 3.50. The molecule has 21 heavy (non-hydrogen) atoms. The van der Waals surface area contributed by atoms with Crippen molar-refractivity contribution >= 4 is 29.0 Å². The lowest BCUT2D eigenvalue weighted by Gasteiger charge is -2.34. The van der Waals surface area contributed by atoms with Gasteiger partial charge in [-0.3, -0.25) is 4.68 Å². The molecule has 7 nitrogen and oxygen atoms in total. The van der Waals surface area contributed by atoms with Crippen molar-refractivity contribution in [2.24, 2.45) is 0 Å². The molecule has 0 unspecified atom stereocenters. The number of hydrogen-bond acceptors (Lipinski definition) is 5. The van der Waals surface area contributed by atoms with Crippen molar-refractivity contribution in [3.8, 4) is 0 Å². The molecule has 0 aromatic carbocycles. The Morgan fingerprint density at radius 1 is 1.48 bits per heavy atom. The van der Waals surface area contributed by atoms with Gasteiger partial charge in [-0.1, -0.05) is 0 Å². The molecule has 1 aliphatic rings. The number of nitrogens with one attached hydrogen (secondary N) is 1. The number of halogens is 1. The minimum absolute atomic E-state index is 0. The zero-order valence-corrected chi connectivity index (χ0v) is 14.3. The highest BCUT2D eigenvalue weighted by Gasteiger charge is 2.26. The van der Waals surface area contributed by atoms with Crippen molar-refractivity contribution in [3.05, 3.63) is 12.4 Å². The Morgan fingerprint density at radius 3 is 2.71 bits per heavy atom. The van der Waals surface area contributed by atoms with Crippen LogP contribution in [-0.4, -0.2) is 53.7 Å².